The second-order valence-corrected chi connectivity index (χ2v) is 5.32. The Morgan fingerprint density at radius 3 is 2.76 bits per heavy atom. The summed E-state index contributed by atoms with van der Waals surface area (Å²) in [5.74, 6) is 1.16. The van der Waals surface area contributed by atoms with Gasteiger partial charge in [0.15, 0.2) is 18.1 Å². The van der Waals surface area contributed by atoms with E-state index in [1.54, 1.807) is 7.11 Å². The third kappa shape index (κ3) is 4.63. The molecule has 0 bridgehead atoms. The van der Waals surface area contributed by atoms with Crippen LogP contribution in [0.15, 0.2) is 18.2 Å². The molecule has 1 aliphatic carbocycles. The van der Waals surface area contributed by atoms with Crippen molar-refractivity contribution in [1.29, 1.82) is 0 Å². The van der Waals surface area contributed by atoms with Gasteiger partial charge in [0.1, 0.15) is 0 Å². The van der Waals surface area contributed by atoms with E-state index < -0.39 is 0 Å². The predicted molar refractivity (Wildman–Crippen MR) is 81.7 cm³/mol. The molecule has 1 atom stereocenters. The second-order valence-electron chi connectivity index (χ2n) is 5.32. The summed E-state index contributed by atoms with van der Waals surface area (Å²) in [4.78, 5) is 11.6. The van der Waals surface area contributed by atoms with Crippen LogP contribution in [0, 0.1) is 0 Å². The fourth-order valence-corrected chi connectivity index (χ4v) is 2.14. The number of ether oxygens (including phenoxy) is 2. The Kier molecular flexibility index (Phi) is 5.44. The van der Waals surface area contributed by atoms with Crippen molar-refractivity contribution in [2.24, 2.45) is 0 Å². The molecule has 21 heavy (non-hydrogen) atoms. The van der Waals surface area contributed by atoms with Crippen LogP contribution in [0.2, 0.25) is 0 Å². The maximum absolute atomic E-state index is 11.6. The quantitative estimate of drug-likeness (QED) is 0.769. The molecule has 0 heterocycles. The molecule has 1 unspecified atom stereocenters. The third-order valence-corrected chi connectivity index (χ3v) is 3.50. The average molecular weight is 292 g/mol. The fourth-order valence-electron chi connectivity index (χ4n) is 2.14. The first-order chi connectivity index (χ1) is 10.1. The van der Waals surface area contributed by atoms with E-state index >= 15 is 0 Å². The summed E-state index contributed by atoms with van der Waals surface area (Å²) in [6, 6.07) is 6.39. The van der Waals surface area contributed by atoms with Gasteiger partial charge in [-0.1, -0.05) is 13.0 Å². The summed E-state index contributed by atoms with van der Waals surface area (Å²) in [6.07, 6.45) is 2.15. The summed E-state index contributed by atoms with van der Waals surface area (Å²) in [6.45, 7) is 5.10. The Balaban J connectivity index is 1.96. The van der Waals surface area contributed by atoms with E-state index in [0.717, 1.165) is 24.9 Å². The van der Waals surface area contributed by atoms with Gasteiger partial charge in [-0.3, -0.25) is 4.79 Å². The number of hydrogen-bond acceptors (Lipinski definition) is 4. The highest BCUT2D eigenvalue weighted by Gasteiger charge is 2.23. The first-order valence-electron chi connectivity index (χ1n) is 7.47. The van der Waals surface area contributed by atoms with Crippen molar-refractivity contribution < 1.29 is 14.3 Å². The predicted octanol–water partition coefficient (Wildman–Crippen LogP) is 2.02. The normalized spacial score (nSPS) is 15.4. The lowest BCUT2D eigenvalue weighted by atomic mass is 10.1. The minimum Gasteiger partial charge on any atom is -0.493 e. The lowest BCUT2D eigenvalue weighted by molar-refractivity contribution is -0.123. The summed E-state index contributed by atoms with van der Waals surface area (Å²) < 4.78 is 10.9. The molecule has 5 heteroatoms. The standard InChI is InChI=1S/C16H24N2O3/c1-4-17-11(2)12-5-8-14(15(9-12)20-3)21-10-16(19)18-13-6-7-13/h5,8-9,11,13,17H,4,6-7,10H2,1-3H3,(H,18,19). The number of carbonyl (C=O) groups excluding carboxylic acids is 1. The number of carbonyl (C=O) groups is 1. The first-order valence-corrected chi connectivity index (χ1v) is 7.47. The van der Waals surface area contributed by atoms with Gasteiger partial charge in [-0.2, -0.15) is 0 Å². The third-order valence-electron chi connectivity index (χ3n) is 3.50. The Labute approximate surface area is 126 Å². The number of benzene rings is 1. The van der Waals surface area contributed by atoms with Crippen molar-refractivity contribution in [2.75, 3.05) is 20.3 Å². The van der Waals surface area contributed by atoms with Crippen LogP contribution < -0.4 is 20.1 Å². The van der Waals surface area contributed by atoms with Crippen molar-refractivity contribution in [3.8, 4) is 11.5 Å². The van der Waals surface area contributed by atoms with Crippen LogP contribution in [0.4, 0.5) is 0 Å². The largest absolute Gasteiger partial charge is 0.493 e. The average Bonchev–Trinajstić information content (AvgIpc) is 3.29. The number of rotatable bonds is 8. The molecule has 116 valence electrons. The molecule has 2 rings (SSSR count). The van der Waals surface area contributed by atoms with Gasteiger partial charge in [0, 0.05) is 12.1 Å². The highest BCUT2D eigenvalue weighted by Crippen LogP contribution is 2.30. The Morgan fingerprint density at radius 1 is 1.38 bits per heavy atom. The van der Waals surface area contributed by atoms with Gasteiger partial charge < -0.3 is 20.1 Å². The van der Waals surface area contributed by atoms with Crippen molar-refractivity contribution in [3.05, 3.63) is 23.8 Å². The van der Waals surface area contributed by atoms with E-state index in [4.69, 9.17) is 9.47 Å². The van der Waals surface area contributed by atoms with Gasteiger partial charge in [-0.15, -0.1) is 0 Å². The summed E-state index contributed by atoms with van der Waals surface area (Å²) >= 11 is 0. The highest BCUT2D eigenvalue weighted by molar-refractivity contribution is 5.78. The Hall–Kier alpha value is -1.75. The summed E-state index contributed by atoms with van der Waals surface area (Å²) in [7, 11) is 1.61. The van der Waals surface area contributed by atoms with Crippen LogP contribution in [-0.2, 0) is 4.79 Å². The van der Waals surface area contributed by atoms with Gasteiger partial charge in [0.2, 0.25) is 0 Å². The Morgan fingerprint density at radius 2 is 2.14 bits per heavy atom. The molecule has 1 aromatic carbocycles. The zero-order valence-electron chi connectivity index (χ0n) is 12.9. The molecule has 1 amide bonds. The van der Waals surface area contributed by atoms with Crippen LogP contribution >= 0.6 is 0 Å². The van der Waals surface area contributed by atoms with Crippen LogP contribution in [0.1, 0.15) is 38.3 Å². The number of nitrogens with one attached hydrogen (secondary N) is 2. The topological polar surface area (TPSA) is 59.6 Å². The molecule has 5 nitrogen and oxygen atoms in total. The summed E-state index contributed by atoms with van der Waals surface area (Å²) in [5, 5.41) is 6.24. The van der Waals surface area contributed by atoms with Crippen LogP contribution in [0.25, 0.3) is 0 Å². The lowest BCUT2D eigenvalue weighted by Crippen LogP contribution is -2.30. The van der Waals surface area contributed by atoms with Crippen molar-refractivity contribution >= 4 is 5.91 Å². The van der Waals surface area contributed by atoms with Gasteiger partial charge in [0.05, 0.1) is 7.11 Å². The molecule has 1 saturated carbocycles. The maximum atomic E-state index is 11.6. The lowest BCUT2D eigenvalue weighted by Gasteiger charge is -2.16. The number of hydrogen-bond donors (Lipinski definition) is 2. The highest BCUT2D eigenvalue weighted by atomic mass is 16.5. The van der Waals surface area contributed by atoms with Crippen LogP contribution in [0.5, 0.6) is 11.5 Å². The smallest absolute Gasteiger partial charge is 0.258 e. The van der Waals surface area contributed by atoms with E-state index in [2.05, 4.69) is 24.5 Å². The molecule has 0 aliphatic heterocycles. The van der Waals surface area contributed by atoms with E-state index in [-0.39, 0.29) is 18.6 Å². The SMILES string of the molecule is CCNC(C)c1ccc(OCC(=O)NC2CC2)c(OC)c1. The van der Waals surface area contributed by atoms with E-state index in [1.165, 1.54) is 0 Å². The number of methoxy groups -OCH3 is 1. The molecule has 0 spiro atoms. The minimum atomic E-state index is -0.0790. The number of amides is 1. The van der Waals surface area contributed by atoms with Crippen molar-refractivity contribution in [3.63, 3.8) is 0 Å². The van der Waals surface area contributed by atoms with Gasteiger partial charge >= 0.3 is 0 Å². The van der Waals surface area contributed by atoms with Gasteiger partial charge in [-0.25, -0.2) is 0 Å². The molecule has 1 aromatic rings. The molecule has 0 aromatic heterocycles. The van der Waals surface area contributed by atoms with E-state index in [0.29, 0.717) is 17.5 Å². The monoisotopic (exact) mass is 292 g/mol. The molecule has 0 saturated heterocycles. The molecule has 2 N–H and O–H groups in total. The van der Waals surface area contributed by atoms with Crippen molar-refractivity contribution in [1.82, 2.24) is 10.6 Å². The molecule has 0 radical (unpaired) electrons. The molecule has 1 aliphatic rings. The van der Waals surface area contributed by atoms with E-state index in [1.807, 2.05) is 18.2 Å². The van der Waals surface area contributed by atoms with Crippen LogP contribution in [-0.4, -0.2) is 32.2 Å². The second kappa shape index (κ2) is 7.31. The Bertz CT molecular complexity index is 486. The van der Waals surface area contributed by atoms with Gasteiger partial charge in [-0.05, 0) is 44.0 Å². The van der Waals surface area contributed by atoms with Crippen molar-refractivity contribution in [2.45, 2.75) is 38.8 Å². The first kappa shape index (κ1) is 15.6. The molecular formula is C16H24N2O3. The van der Waals surface area contributed by atoms with Crippen LogP contribution in [0.3, 0.4) is 0 Å². The zero-order valence-corrected chi connectivity index (χ0v) is 12.9. The minimum absolute atomic E-state index is 0.0228. The summed E-state index contributed by atoms with van der Waals surface area (Å²) in [5.41, 5.74) is 1.13. The van der Waals surface area contributed by atoms with Gasteiger partial charge in [0.25, 0.3) is 5.91 Å². The fraction of sp³-hybridized carbons (Fsp3) is 0.562. The van der Waals surface area contributed by atoms with E-state index in [9.17, 15) is 4.79 Å². The maximum Gasteiger partial charge on any atom is 0.258 e. The zero-order chi connectivity index (χ0) is 15.2. The molecule has 1 fully saturated rings. The molecular weight excluding hydrogens is 268 g/mol.